The number of hydrogen-bond acceptors (Lipinski definition) is 7. The second-order valence-electron chi connectivity index (χ2n) is 5.06. The van der Waals surface area contributed by atoms with Crippen molar-refractivity contribution in [2.75, 3.05) is 17.8 Å². The van der Waals surface area contributed by atoms with Gasteiger partial charge in [-0.2, -0.15) is 4.39 Å². The Labute approximate surface area is 124 Å². The minimum absolute atomic E-state index is 0.0686. The number of nitrogens with two attached hydrogens (primary N) is 1. The Morgan fingerprint density at radius 2 is 2.43 bits per heavy atom. The Hall–Kier alpha value is -1.26. The summed E-state index contributed by atoms with van der Waals surface area (Å²) >= 11 is 5.79. The first-order valence-corrected chi connectivity index (χ1v) is 6.89. The molecule has 1 aromatic heterocycles. The third kappa shape index (κ3) is 2.21. The molecule has 0 bridgehead atoms. The Morgan fingerprint density at radius 1 is 1.67 bits per heavy atom. The Morgan fingerprint density at radius 3 is 3.05 bits per heavy atom. The number of aliphatic hydroxyl groups is 2. The summed E-state index contributed by atoms with van der Waals surface area (Å²) in [5, 5.41) is 21.9. The van der Waals surface area contributed by atoms with Crippen LogP contribution in [0.2, 0.25) is 0 Å². The summed E-state index contributed by atoms with van der Waals surface area (Å²) in [6.45, 7) is -0.423. The SMILES string of the molecule is NC1N=C(F)Nc2c1ncn2[C@H]1C[C@H](O)[C@](CO)(CCl)O1. The molecule has 0 amide bonds. The number of aliphatic hydroxyl groups excluding tert-OH is 2. The highest BCUT2D eigenvalue weighted by Gasteiger charge is 2.48. The number of nitrogens with zero attached hydrogens (tertiary/aromatic N) is 3. The van der Waals surface area contributed by atoms with Crippen molar-refractivity contribution < 1.29 is 19.3 Å². The normalized spacial score (nSPS) is 35.3. The minimum Gasteiger partial charge on any atom is -0.393 e. The van der Waals surface area contributed by atoms with E-state index in [0.717, 1.165) is 0 Å². The molecule has 1 saturated heterocycles. The third-order valence-corrected chi connectivity index (χ3v) is 4.24. The molecule has 4 atom stereocenters. The number of amidine groups is 1. The largest absolute Gasteiger partial charge is 0.393 e. The van der Waals surface area contributed by atoms with Crippen LogP contribution in [-0.2, 0) is 4.74 Å². The lowest BCUT2D eigenvalue weighted by molar-refractivity contribution is -0.113. The highest BCUT2D eigenvalue weighted by molar-refractivity contribution is 6.18. The first-order chi connectivity index (χ1) is 10.0. The van der Waals surface area contributed by atoms with Crippen LogP contribution in [0.1, 0.15) is 24.5 Å². The number of imidazole rings is 1. The zero-order chi connectivity index (χ0) is 15.2. The summed E-state index contributed by atoms with van der Waals surface area (Å²) in [5.74, 6) is 0.247. The molecule has 8 nitrogen and oxygen atoms in total. The minimum atomic E-state index is -1.24. The van der Waals surface area contributed by atoms with Crippen molar-refractivity contribution in [3.05, 3.63) is 12.0 Å². The van der Waals surface area contributed by atoms with Gasteiger partial charge >= 0.3 is 0 Å². The number of ether oxygens (including phenoxy) is 1. The summed E-state index contributed by atoms with van der Waals surface area (Å²) in [5.41, 5.74) is 4.82. The van der Waals surface area contributed by atoms with Crippen molar-refractivity contribution in [3.63, 3.8) is 0 Å². The van der Waals surface area contributed by atoms with E-state index in [9.17, 15) is 14.6 Å². The summed E-state index contributed by atoms with van der Waals surface area (Å²) in [6.07, 6.45) is -1.70. The zero-order valence-electron chi connectivity index (χ0n) is 10.9. The number of aliphatic imine (C=N–C) groups is 1. The van der Waals surface area contributed by atoms with Gasteiger partial charge in [0.05, 0.1) is 24.9 Å². The van der Waals surface area contributed by atoms with Crippen LogP contribution in [0.3, 0.4) is 0 Å². The highest BCUT2D eigenvalue weighted by atomic mass is 35.5. The van der Waals surface area contributed by atoms with Crippen molar-refractivity contribution in [3.8, 4) is 0 Å². The molecule has 0 spiro atoms. The molecule has 3 rings (SSSR count). The van der Waals surface area contributed by atoms with Gasteiger partial charge in [-0.25, -0.2) is 9.98 Å². The van der Waals surface area contributed by atoms with Crippen LogP contribution in [0.5, 0.6) is 0 Å². The average Bonchev–Trinajstić information content (AvgIpc) is 3.00. The summed E-state index contributed by atoms with van der Waals surface area (Å²) in [7, 11) is 0. The molecule has 0 aromatic carbocycles. The predicted octanol–water partition coefficient (Wildman–Crippen LogP) is -0.159. The van der Waals surface area contributed by atoms with E-state index in [2.05, 4.69) is 15.3 Å². The molecule has 1 unspecified atom stereocenters. The second-order valence-corrected chi connectivity index (χ2v) is 5.32. The van der Waals surface area contributed by atoms with Crippen molar-refractivity contribution in [2.24, 2.45) is 10.7 Å². The van der Waals surface area contributed by atoms with Crippen molar-refractivity contribution in [2.45, 2.75) is 30.5 Å². The van der Waals surface area contributed by atoms with Crippen molar-refractivity contribution in [1.29, 1.82) is 0 Å². The molecule has 0 saturated carbocycles. The molecule has 3 heterocycles. The van der Waals surface area contributed by atoms with E-state index in [1.165, 1.54) is 10.9 Å². The molecule has 5 N–H and O–H groups in total. The number of alkyl halides is 1. The number of hydrogen-bond donors (Lipinski definition) is 4. The van der Waals surface area contributed by atoms with Crippen LogP contribution < -0.4 is 11.1 Å². The van der Waals surface area contributed by atoms with E-state index in [0.29, 0.717) is 11.5 Å². The molecule has 21 heavy (non-hydrogen) atoms. The van der Waals surface area contributed by atoms with E-state index >= 15 is 0 Å². The van der Waals surface area contributed by atoms with Gasteiger partial charge in [0.2, 0.25) is 0 Å². The number of rotatable bonds is 3. The van der Waals surface area contributed by atoms with E-state index in [1.807, 2.05) is 0 Å². The van der Waals surface area contributed by atoms with E-state index in [-0.39, 0.29) is 12.3 Å². The lowest BCUT2D eigenvalue weighted by atomic mass is 10.0. The molecule has 116 valence electrons. The average molecular weight is 320 g/mol. The number of fused-ring (bicyclic) bond motifs is 1. The zero-order valence-corrected chi connectivity index (χ0v) is 11.7. The standard InChI is InChI=1S/C11H15ClFN5O3/c12-2-11(3-19)5(20)1-6(21-11)18-4-15-7-8(14)16-10(13)17-9(7)18/h4-6,8,19-20H,1-3,14H2,(H,16,17)/t5-,6+,8?,11+/m0/s1. The topological polar surface area (TPSA) is 118 Å². The van der Waals surface area contributed by atoms with Gasteiger partial charge < -0.3 is 26.0 Å². The number of nitrogens with one attached hydrogen (secondary N) is 1. The van der Waals surface area contributed by atoms with Crippen LogP contribution in [0.25, 0.3) is 0 Å². The van der Waals surface area contributed by atoms with E-state index in [4.69, 9.17) is 22.1 Å². The van der Waals surface area contributed by atoms with Gasteiger partial charge in [-0.3, -0.25) is 4.57 Å². The van der Waals surface area contributed by atoms with Crippen LogP contribution in [0.4, 0.5) is 10.2 Å². The Bertz CT molecular complexity index is 576. The first-order valence-electron chi connectivity index (χ1n) is 6.36. The smallest absolute Gasteiger partial charge is 0.285 e. The first kappa shape index (κ1) is 14.7. The van der Waals surface area contributed by atoms with Gasteiger partial charge in [-0.1, -0.05) is 0 Å². The lowest BCUT2D eigenvalue weighted by Gasteiger charge is -2.27. The monoisotopic (exact) mass is 319 g/mol. The molecule has 10 heteroatoms. The number of anilines is 1. The quantitative estimate of drug-likeness (QED) is 0.454. The summed E-state index contributed by atoms with van der Waals surface area (Å²) in [4.78, 5) is 7.62. The van der Waals surface area contributed by atoms with Gasteiger partial charge in [-0.15, -0.1) is 11.6 Å². The maximum Gasteiger partial charge on any atom is 0.285 e. The van der Waals surface area contributed by atoms with Gasteiger partial charge in [0.1, 0.15) is 29.5 Å². The summed E-state index contributed by atoms with van der Waals surface area (Å²) < 4.78 is 20.6. The predicted molar refractivity (Wildman–Crippen MR) is 72.6 cm³/mol. The van der Waals surface area contributed by atoms with Gasteiger partial charge in [-0.05, 0) is 0 Å². The maximum absolute atomic E-state index is 13.4. The second kappa shape index (κ2) is 5.18. The molecule has 2 aliphatic heterocycles. The number of halogens is 2. The van der Waals surface area contributed by atoms with Crippen LogP contribution >= 0.6 is 11.6 Å². The van der Waals surface area contributed by atoms with Crippen LogP contribution in [0.15, 0.2) is 11.3 Å². The molecular formula is C11H15ClFN5O3. The van der Waals surface area contributed by atoms with E-state index < -0.39 is 36.8 Å². The van der Waals surface area contributed by atoms with Crippen LogP contribution in [0, 0.1) is 0 Å². The number of aromatic nitrogens is 2. The van der Waals surface area contributed by atoms with Crippen molar-refractivity contribution >= 4 is 23.5 Å². The third-order valence-electron chi connectivity index (χ3n) is 3.78. The highest BCUT2D eigenvalue weighted by Crippen LogP contribution is 2.40. The maximum atomic E-state index is 13.4. The Balaban J connectivity index is 1.91. The summed E-state index contributed by atoms with van der Waals surface area (Å²) in [6, 6.07) is 0. The van der Waals surface area contributed by atoms with Crippen molar-refractivity contribution in [1.82, 2.24) is 9.55 Å². The van der Waals surface area contributed by atoms with E-state index in [1.54, 1.807) is 0 Å². The molecule has 1 fully saturated rings. The fraction of sp³-hybridized carbons (Fsp3) is 0.636. The molecule has 1 aromatic rings. The van der Waals surface area contributed by atoms with Gasteiger partial charge in [0.25, 0.3) is 6.09 Å². The molecule has 2 aliphatic rings. The fourth-order valence-corrected chi connectivity index (χ4v) is 2.86. The lowest BCUT2D eigenvalue weighted by Crippen LogP contribution is -2.45. The van der Waals surface area contributed by atoms with Crippen LogP contribution in [-0.4, -0.2) is 50.0 Å². The molecule has 0 radical (unpaired) electrons. The molecule has 0 aliphatic carbocycles. The fourth-order valence-electron chi connectivity index (χ4n) is 2.53. The Kier molecular flexibility index (Phi) is 3.62. The van der Waals surface area contributed by atoms with Gasteiger partial charge in [0, 0.05) is 6.42 Å². The molecular weight excluding hydrogens is 305 g/mol. The van der Waals surface area contributed by atoms with Gasteiger partial charge in [0.15, 0.2) is 0 Å².